The van der Waals surface area contributed by atoms with Crippen LogP contribution in [0.5, 0.6) is 0 Å². The lowest BCUT2D eigenvalue weighted by molar-refractivity contribution is -0.134. The lowest BCUT2D eigenvalue weighted by Gasteiger charge is -2.51. The molecule has 4 aliphatic carbocycles. The molecule has 1 unspecified atom stereocenters. The molecule has 0 radical (unpaired) electrons. The molecule has 21 heavy (non-hydrogen) atoms. The molecule has 0 saturated heterocycles. The number of hydrogen-bond donors (Lipinski definition) is 0. The van der Waals surface area contributed by atoms with Gasteiger partial charge in [0.2, 0.25) is 0 Å². The number of hydrogen-bond acceptors (Lipinski definition) is 3. The fourth-order valence-corrected chi connectivity index (χ4v) is 5.75. The largest absolute Gasteiger partial charge is 0.299 e. The van der Waals surface area contributed by atoms with E-state index in [4.69, 9.17) is 0 Å². The molecule has 0 amide bonds. The van der Waals surface area contributed by atoms with Crippen molar-refractivity contribution in [3.63, 3.8) is 0 Å². The Labute approximate surface area is 125 Å². The van der Waals surface area contributed by atoms with E-state index in [0.29, 0.717) is 42.8 Å². The molecule has 4 aliphatic rings. The molecule has 0 aliphatic heterocycles. The number of allylic oxidation sites excluding steroid dienone is 1. The summed E-state index contributed by atoms with van der Waals surface area (Å²) < 4.78 is 0. The summed E-state index contributed by atoms with van der Waals surface area (Å²) >= 11 is 0. The highest BCUT2D eigenvalue weighted by Crippen LogP contribution is 2.59. The van der Waals surface area contributed by atoms with Gasteiger partial charge < -0.3 is 0 Å². The second-order valence-corrected chi connectivity index (χ2v) is 7.69. The lowest BCUT2D eigenvalue weighted by atomic mass is 9.52. The Bertz CT molecular complexity index is 573. The molecular weight excluding hydrogens is 264 g/mol. The van der Waals surface area contributed by atoms with Gasteiger partial charge in [0.05, 0.1) is 0 Å². The van der Waals surface area contributed by atoms with Crippen LogP contribution in [0.1, 0.15) is 51.9 Å². The summed E-state index contributed by atoms with van der Waals surface area (Å²) in [5, 5.41) is 0. The van der Waals surface area contributed by atoms with Crippen molar-refractivity contribution in [2.24, 2.45) is 29.1 Å². The Kier molecular flexibility index (Phi) is 2.79. The summed E-state index contributed by atoms with van der Waals surface area (Å²) in [6.45, 7) is 2.13. The number of ketones is 3. The number of carbonyl (C=O) groups excluding carboxylic acids is 3. The molecule has 0 spiro atoms. The van der Waals surface area contributed by atoms with E-state index >= 15 is 0 Å². The first kappa shape index (κ1) is 13.4. The van der Waals surface area contributed by atoms with Crippen LogP contribution >= 0.6 is 0 Å². The van der Waals surface area contributed by atoms with Crippen molar-refractivity contribution in [2.45, 2.75) is 51.9 Å². The maximum Gasteiger partial charge on any atom is 0.159 e. The zero-order valence-corrected chi connectivity index (χ0v) is 12.6. The third kappa shape index (κ3) is 1.75. The molecule has 3 fully saturated rings. The van der Waals surface area contributed by atoms with E-state index in [0.717, 1.165) is 31.3 Å². The fraction of sp³-hybridized carbons (Fsp3) is 0.722. The number of fused-ring (bicyclic) bond motifs is 5. The van der Waals surface area contributed by atoms with Gasteiger partial charge in [0.25, 0.3) is 0 Å². The molecule has 5 atom stereocenters. The minimum absolute atomic E-state index is 0.116. The first-order valence-corrected chi connectivity index (χ1v) is 8.31. The molecule has 0 aromatic heterocycles. The van der Waals surface area contributed by atoms with E-state index < -0.39 is 0 Å². The molecule has 4 rings (SSSR count). The molecule has 0 aromatic carbocycles. The second-order valence-electron chi connectivity index (χ2n) is 7.69. The highest BCUT2D eigenvalue weighted by atomic mass is 16.1. The van der Waals surface area contributed by atoms with Crippen molar-refractivity contribution < 1.29 is 14.4 Å². The third-order valence-corrected chi connectivity index (χ3v) is 6.88. The molecule has 3 heteroatoms. The Morgan fingerprint density at radius 3 is 2.67 bits per heavy atom. The summed E-state index contributed by atoms with van der Waals surface area (Å²) in [4.78, 5) is 36.4. The predicted molar refractivity (Wildman–Crippen MR) is 77.5 cm³/mol. The van der Waals surface area contributed by atoms with Gasteiger partial charge in [-0.3, -0.25) is 14.4 Å². The fourth-order valence-electron chi connectivity index (χ4n) is 5.75. The van der Waals surface area contributed by atoms with Crippen LogP contribution in [0.4, 0.5) is 0 Å². The van der Waals surface area contributed by atoms with Crippen molar-refractivity contribution in [1.29, 1.82) is 0 Å². The molecule has 0 heterocycles. The van der Waals surface area contributed by atoms with Crippen LogP contribution in [0, 0.1) is 29.1 Å². The molecule has 0 aromatic rings. The van der Waals surface area contributed by atoms with E-state index in [1.165, 1.54) is 0 Å². The number of carbonyl (C=O) groups is 3. The van der Waals surface area contributed by atoms with Crippen molar-refractivity contribution in [1.82, 2.24) is 0 Å². The SMILES string of the molecule is C[C@]12CC[C@@H]3C4CCC(=O)C=C4C(=O)C[C@H]3[C@@H]1CCC2=O. The van der Waals surface area contributed by atoms with Gasteiger partial charge in [-0.25, -0.2) is 0 Å². The number of rotatable bonds is 0. The van der Waals surface area contributed by atoms with Gasteiger partial charge >= 0.3 is 0 Å². The first-order chi connectivity index (χ1) is 10.0. The average Bonchev–Trinajstić information content (AvgIpc) is 2.76. The van der Waals surface area contributed by atoms with Crippen LogP contribution in [0.15, 0.2) is 11.6 Å². The van der Waals surface area contributed by atoms with Crippen LogP contribution in [0.3, 0.4) is 0 Å². The first-order valence-electron chi connectivity index (χ1n) is 8.31. The van der Waals surface area contributed by atoms with Gasteiger partial charge in [-0.05, 0) is 55.4 Å². The summed E-state index contributed by atoms with van der Waals surface area (Å²) in [5.74, 6) is 2.28. The van der Waals surface area contributed by atoms with Crippen LogP contribution in [0.2, 0.25) is 0 Å². The Morgan fingerprint density at radius 2 is 1.86 bits per heavy atom. The van der Waals surface area contributed by atoms with Gasteiger partial charge in [-0.1, -0.05) is 6.92 Å². The lowest BCUT2D eigenvalue weighted by Crippen LogP contribution is -2.48. The van der Waals surface area contributed by atoms with E-state index in [9.17, 15) is 14.4 Å². The highest BCUT2D eigenvalue weighted by molar-refractivity contribution is 6.05. The number of Topliss-reactive ketones (excluding diaryl/α,β-unsaturated/α-hetero) is 2. The predicted octanol–water partition coefficient (Wildman–Crippen LogP) is 2.88. The topological polar surface area (TPSA) is 51.2 Å². The average molecular weight is 286 g/mol. The third-order valence-electron chi connectivity index (χ3n) is 6.88. The molecule has 0 bridgehead atoms. The summed E-state index contributed by atoms with van der Waals surface area (Å²) in [7, 11) is 0. The second kappa shape index (κ2) is 4.37. The van der Waals surface area contributed by atoms with Gasteiger partial charge in [-0.15, -0.1) is 0 Å². The standard InChI is InChI=1S/C18H22O3/c1-18-7-6-12-11-3-2-10(19)8-14(11)16(20)9-13(12)15(18)4-5-17(18)21/h8,11-13,15H,2-7,9H2,1H3/t11?,12-,13-,15+,18+/m1/s1. The van der Waals surface area contributed by atoms with E-state index in [1.807, 2.05) is 0 Å². The Balaban J connectivity index is 1.70. The van der Waals surface area contributed by atoms with Crippen molar-refractivity contribution in [3.8, 4) is 0 Å². The van der Waals surface area contributed by atoms with Crippen LogP contribution in [-0.4, -0.2) is 17.3 Å². The van der Waals surface area contributed by atoms with Crippen molar-refractivity contribution in [2.75, 3.05) is 0 Å². The monoisotopic (exact) mass is 286 g/mol. The zero-order chi connectivity index (χ0) is 14.8. The minimum atomic E-state index is -0.173. The molecule has 3 saturated carbocycles. The molecule has 0 N–H and O–H groups in total. The van der Waals surface area contributed by atoms with E-state index in [2.05, 4.69) is 6.92 Å². The minimum Gasteiger partial charge on any atom is -0.299 e. The maximum absolute atomic E-state index is 12.5. The summed E-state index contributed by atoms with van der Waals surface area (Å²) in [6, 6.07) is 0. The summed E-state index contributed by atoms with van der Waals surface area (Å²) in [5.41, 5.74) is 0.632. The van der Waals surface area contributed by atoms with Gasteiger partial charge in [-0.2, -0.15) is 0 Å². The Morgan fingerprint density at radius 1 is 1.05 bits per heavy atom. The van der Waals surface area contributed by atoms with Crippen LogP contribution < -0.4 is 0 Å². The Hall–Kier alpha value is -1.25. The van der Waals surface area contributed by atoms with E-state index in [-0.39, 0.29) is 22.9 Å². The van der Waals surface area contributed by atoms with Gasteiger partial charge in [0.1, 0.15) is 5.78 Å². The molecular formula is C18H22O3. The van der Waals surface area contributed by atoms with Crippen LogP contribution in [0.25, 0.3) is 0 Å². The molecule has 112 valence electrons. The molecule has 3 nitrogen and oxygen atoms in total. The normalized spacial score (nSPS) is 45.8. The summed E-state index contributed by atoms with van der Waals surface area (Å²) in [6.07, 6.45) is 7.31. The van der Waals surface area contributed by atoms with Crippen molar-refractivity contribution >= 4 is 17.3 Å². The van der Waals surface area contributed by atoms with Crippen molar-refractivity contribution in [3.05, 3.63) is 11.6 Å². The van der Waals surface area contributed by atoms with Gasteiger partial charge in [0.15, 0.2) is 11.6 Å². The smallest absolute Gasteiger partial charge is 0.159 e. The van der Waals surface area contributed by atoms with E-state index in [1.54, 1.807) is 6.08 Å². The zero-order valence-electron chi connectivity index (χ0n) is 12.6. The quantitative estimate of drug-likeness (QED) is 0.688. The maximum atomic E-state index is 12.5. The van der Waals surface area contributed by atoms with Crippen LogP contribution in [-0.2, 0) is 14.4 Å². The van der Waals surface area contributed by atoms with Gasteiger partial charge in [0, 0.05) is 30.3 Å². The highest BCUT2D eigenvalue weighted by Gasteiger charge is 2.57.